The molecule has 4 nitrogen and oxygen atoms in total. The maximum atomic E-state index is 15.5. The van der Waals surface area contributed by atoms with Crippen LogP contribution >= 0.6 is 0 Å². The molecule has 1 heterocycles. The Bertz CT molecular complexity index is 3390. The summed E-state index contributed by atoms with van der Waals surface area (Å²) in [5.74, 6) is -20.4. The molecule has 2 atom stereocenters. The van der Waals surface area contributed by atoms with E-state index >= 15 is 17.6 Å². The third kappa shape index (κ3) is 10.6. The van der Waals surface area contributed by atoms with Crippen molar-refractivity contribution in [2.24, 2.45) is 0 Å². The molecule has 1 aliphatic heterocycles. The third-order valence-electron chi connectivity index (χ3n) is 14.4. The first-order valence-corrected chi connectivity index (χ1v) is 24.6. The van der Waals surface area contributed by atoms with Crippen molar-refractivity contribution in [3.8, 4) is 22.3 Å². The molecule has 0 radical (unpaired) electrons. The SMILES string of the molecule is Cc1ccccc1CC(C)(C/C=C/N(C)C)c1cc(-c2c(F)c(F)c(F)c(F)c2F)ccc1NCc1ccc(CN2/C(=C/C=[N+](C)C)C(C)(Cc3ccccc3C)c3cc(-c4c(F)c(F)c(F)c(F)c4F)ccc32)cc1. The first kappa shape index (κ1) is 54.6. The predicted octanol–water partition coefficient (Wildman–Crippen LogP) is 15.4. The monoisotopic (exact) mass is 1050 g/mol. The van der Waals surface area contributed by atoms with Crippen LogP contribution in [0.15, 0.2) is 133 Å². The Morgan fingerprint density at radius 2 is 1.12 bits per heavy atom. The van der Waals surface area contributed by atoms with Crippen LogP contribution in [-0.2, 0) is 36.8 Å². The number of aryl methyl sites for hydroxylation is 2. The largest absolute Gasteiger partial charge is 0.384 e. The van der Waals surface area contributed by atoms with Gasteiger partial charge in [-0.3, -0.25) is 0 Å². The van der Waals surface area contributed by atoms with Gasteiger partial charge in [-0.1, -0.05) is 97.9 Å². The minimum Gasteiger partial charge on any atom is -0.384 e. The van der Waals surface area contributed by atoms with Crippen LogP contribution in [0.5, 0.6) is 0 Å². The Morgan fingerprint density at radius 1 is 0.618 bits per heavy atom. The number of hydrogen-bond donors (Lipinski definition) is 1. The highest BCUT2D eigenvalue weighted by Crippen LogP contribution is 2.52. The summed E-state index contributed by atoms with van der Waals surface area (Å²) in [7, 11) is 7.48. The molecule has 0 saturated carbocycles. The zero-order chi connectivity index (χ0) is 55.0. The van der Waals surface area contributed by atoms with Crippen molar-refractivity contribution in [3.05, 3.63) is 236 Å². The van der Waals surface area contributed by atoms with Crippen molar-refractivity contribution in [2.45, 2.75) is 70.9 Å². The quantitative estimate of drug-likeness (QED) is 0.0343. The van der Waals surface area contributed by atoms with Gasteiger partial charge in [0, 0.05) is 61.2 Å². The van der Waals surface area contributed by atoms with E-state index in [9.17, 15) is 26.3 Å². The fraction of sp³-hybridized carbons (Fsp3) is 0.242. The van der Waals surface area contributed by atoms with Gasteiger partial charge in [0.15, 0.2) is 52.8 Å². The highest BCUT2D eigenvalue weighted by molar-refractivity contribution is 5.81. The maximum Gasteiger partial charge on any atom is 0.200 e. The molecule has 394 valence electrons. The number of anilines is 2. The molecule has 7 aromatic rings. The van der Waals surface area contributed by atoms with Gasteiger partial charge >= 0.3 is 0 Å². The molecule has 0 bridgehead atoms. The molecule has 1 aliphatic rings. The molecule has 1 N–H and O–H groups in total. The average Bonchev–Trinajstić information content (AvgIpc) is 3.61. The number of halogens is 10. The van der Waals surface area contributed by atoms with Crippen LogP contribution < -0.4 is 10.2 Å². The lowest BCUT2D eigenvalue weighted by Crippen LogP contribution is -2.31. The van der Waals surface area contributed by atoms with E-state index in [4.69, 9.17) is 0 Å². The summed E-state index contributed by atoms with van der Waals surface area (Å²) < 4.78 is 151. The van der Waals surface area contributed by atoms with E-state index in [0.717, 1.165) is 39.1 Å². The molecule has 0 aliphatic carbocycles. The second-order valence-corrected chi connectivity index (χ2v) is 20.5. The molecule has 76 heavy (non-hydrogen) atoms. The van der Waals surface area contributed by atoms with E-state index < -0.39 is 80.1 Å². The van der Waals surface area contributed by atoms with Crippen LogP contribution in [0.25, 0.3) is 22.3 Å². The molecule has 0 aromatic heterocycles. The topological polar surface area (TPSA) is 21.5 Å². The Balaban J connectivity index is 1.17. The number of nitrogens with one attached hydrogen (secondary N) is 1. The van der Waals surface area contributed by atoms with Crippen molar-refractivity contribution < 1.29 is 48.5 Å². The smallest absolute Gasteiger partial charge is 0.200 e. The van der Waals surface area contributed by atoms with Crippen LogP contribution in [-0.4, -0.2) is 43.9 Å². The highest BCUT2D eigenvalue weighted by atomic mass is 19.2. The van der Waals surface area contributed by atoms with E-state index in [-0.39, 0.29) is 17.7 Å². The molecule has 8 rings (SSSR count). The maximum absolute atomic E-state index is 15.5. The lowest BCUT2D eigenvalue weighted by molar-refractivity contribution is -0.458. The van der Waals surface area contributed by atoms with Gasteiger partial charge in [0.05, 0.1) is 11.1 Å². The Labute approximate surface area is 437 Å². The van der Waals surface area contributed by atoms with E-state index in [1.807, 2.05) is 163 Å². The molecule has 0 spiro atoms. The van der Waals surface area contributed by atoms with Gasteiger partial charge in [-0.05, 0) is 126 Å². The Morgan fingerprint density at radius 3 is 1.66 bits per heavy atom. The lowest BCUT2D eigenvalue weighted by Gasteiger charge is -2.33. The average molecular weight is 1050 g/mol. The first-order valence-electron chi connectivity index (χ1n) is 24.6. The van der Waals surface area contributed by atoms with Crippen LogP contribution in [0.3, 0.4) is 0 Å². The number of rotatable bonds is 16. The van der Waals surface area contributed by atoms with Crippen molar-refractivity contribution in [1.82, 2.24) is 4.90 Å². The fourth-order valence-corrected chi connectivity index (χ4v) is 10.2. The summed E-state index contributed by atoms with van der Waals surface area (Å²) in [6, 6.07) is 32.3. The van der Waals surface area contributed by atoms with Crippen molar-refractivity contribution in [2.75, 3.05) is 38.4 Å². The number of fused-ring (bicyclic) bond motifs is 1. The van der Waals surface area contributed by atoms with E-state index in [1.165, 1.54) is 24.3 Å². The molecule has 0 amide bonds. The van der Waals surface area contributed by atoms with Crippen LogP contribution in [0.2, 0.25) is 0 Å². The highest BCUT2D eigenvalue weighted by Gasteiger charge is 2.45. The van der Waals surface area contributed by atoms with Crippen LogP contribution in [0.1, 0.15) is 64.8 Å². The molecular weight excluding hydrogens is 991 g/mol. The summed E-state index contributed by atoms with van der Waals surface area (Å²) in [6.45, 7) is 8.52. The van der Waals surface area contributed by atoms with Gasteiger partial charge in [-0.15, -0.1) is 0 Å². The number of benzene rings is 7. The lowest BCUT2D eigenvalue weighted by atomic mass is 9.72. The molecule has 14 heteroatoms. The molecule has 0 fully saturated rings. The van der Waals surface area contributed by atoms with Gasteiger partial charge in [0.1, 0.15) is 14.1 Å². The van der Waals surface area contributed by atoms with Gasteiger partial charge < -0.3 is 15.1 Å². The zero-order valence-corrected chi connectivity index (χ0v) is 43.4. The minimum atomic E-state index is -2.24. The van der Waals surface area contributed by atoms with E-state index in [1.54, 1.807) is 12.1 Å². The van der Waals surface area contributed by atoms with E-state index in [0.29, 0.717) is 48.3 Å². The molecule has 2 unspecified atom stereocenters. The zero-order valence-electron chi connectivity index (χ0n) is 43.4. The van der Waals surface area contributed by atoms with Crippen molar-refractivity contribution >= 4 is 17.6 Å². The van der Waals surface area contributed by atoms with Gasteiger partial charge in [-0.25, -0.2) is 48.5 Å². The minimum absolute atomic E-state index is 0.173. The number of allylic oxidation sites excluding steroid dienone is 3. The predicted molar refractivity (Wildman–Crippen MR) is 281 cm³/mol. The summed E-state index contributed by atoms with van der Waals surface area (Å²) in [4.78, 5) is 3.96. The molecule has 0 saturated heterocycles. The number of nitrogens with zero attached hydrogens (tertiary/aromatic N) is 3. The standard InChI is InChI=1S/C62H57F10N4/c1-36-14-9-11-16-42(36)32-61(3,27-13-28-74(5)6)44-30-40(49-51(63)55(67)59(71)56(68)52(49)64)22-24-46(44)73-34-38-18-20-39(21-19-38)35-76-47-25-23-41(50-53(65)57(69)60(72)58(70)54(50)66)31-45(47)62(4,48(76)26-29-75(7)8)33-43-17-12-10-15-37(43)2/h9-26,28-31,73H,27,32-35H2,1-8H3/q+1/b28-13+. The Kier molecular flexibility index (Phi) is 15.8. The van der Waals surface area contributed by atoms with Crippen LogP contribution in [0.4, 0.5) is 55.3 Å². The molecule has 7 aromatic carbocycles. The normalized spacial score (nSPS) is 15.6. The van der Waals surface area contributed by atoms with Gasteiger partial charge in [0.25, 0.3) is 0 Å². The second-order valence-electron chi connectivity index (χ2n) is 20.5. The van der Waals surface area contributed by atoms with E-state index in [2.05, 4.69) is 10.2 Å². The summed E-state index contributed by atoms with van der Waals surface area (Å²) in [5, 5.41) is 3.51. The van der Waals surface area contributed by atoms with Crippen molar-refractivity contribution in [3.63, 3.8) is 0 Å². The Hall–Kier alpha value is -7.61. The second kappa shape index (κ2) is 21.9. The summed E-state index contributed by atoms with van der Waals surface area (Å²) >= 11 is 0. The summed E-state index contributed by atoms with van der Waals surface area (Å²) in [5.41, 5.74) is 4.86. The third-order valence-corrected chi connectivity index (χ3v) is 14.4. The van der Waals surface area contributed by atoms with Gasteiger partial charge in [0.2, 0.25) is 11.6 Å². The summed E-state index contributed by atoms with van der Waals surface area (Å²) in [6.07, 6.45) is 9.01. The first-order chi connectivity index (χ1) is 36.0. The fourth-order valence-electron chi connectivity index (χ4n) is 10.2. The van der Waals surface area contributed by atoms with Gasteiger partial charge in [-0.2, -0.15) is 0 Å². The number of hydrogen-bond acceptors (Lipinski definition) is 3. The van der Waals surface area contributed by atoms with Crippen molar-refractivity contribution in [1.29, 1.82) is 0 Å². The molecular formula is C62H57F10N4+. The van der Waals surface area contributed by atoms with Crippen LogP contribution in [0, 0.1) is 72.0 Å².